The van der Waals surface area contributed by atoms with Crippen molar-refractivity contribution in [3.8, 4) is 0 Å². The lowest BCUT2D eigenvalue weighted by atomic mass is 10.1. The van der Waals surface area contributed by atoms with Gasteiger partial charge in [-0.1, -0.05) is 0 Å². The molecule has 3 N–H and O–H groups in total. The normalized spacial score (nSPS) is 10.1. The number of hydrogen-bond donors (Lipinski definition) is 2. The zero-order chi connectivity index (χ0) is 13.8. The molecule has 0 atom stereocenters. The van der Waals surface area contributed by atoms with Crippen LogP contribution in [0.1, 0.15) is 16.1 Å². The highest BCUT2D eigenvalue weighted by molar-refractivity contribution is 5.95. The van der Waals surface area contributed by atoms with Crippen LogP contribution in [0.15, 0.2) is 41.0 Å². The molecule has 1 aromatic carbocycles. The first-order chi connectivity index (χ1) is 9.08. The van der Waals surface area contributed by atoms with Gasteiger partial charge in [-0.05, 0) is 24.3 Å². The molecule has 1 heterocycles. The molecular formula is C12H11N3O4. The van der Waals surface area contributed by atoms with Gasteiger partial charge in [0.25, 0.3) is 11.6 Å². The Labute approximate surface area is 108 Å². The van der Waals surface area contributed by atoms with Crippen LogP contribution in [0.5, 0.6) is 0 Å². The summed E-state index contributed by atoms with van der Waals surface area (Å²) >= 11 is 0. The van der Waals surface area contributed by atoms with Gasteiger partial charge in [-0.15, -0.1) is 0 Å². The lowest BCUT2D eigenvalue weighted by Crippen LogP contribution is -2.22. The molecule has 1 amide bonds. The van der Waals surface area contributed by atoms with E-state index in [0.717, 1.165) is 6.07 Å². The molecule has 98 valence electrons. The molecule has 1 aromatic heterocycles. The third kappa shape index (κ3) is 2.89. The Balaban J connectivity index is 2.11. The number of nitro groups is 1. The Kier molecular flexibility index (Phi) is 3.46. The fourth-order valence-electron chi connectivity index (χ4n) is 1.53. The third-order valence-corrected chi connectivity index (χ3v) is 2.49. The van der Waals surface area contributed by atoms with Crippen molar-refractivity contribution in [2.75, 3.05) is 5.73 Å². The van der Waals surface area contributed by atoms with Crippen molar-refractivity contribution in [3.05, 3.63) is 58.0 Å². The van der Waals surface area contributed by atoms with Crippen LogP contribution in [-0.4, -0.2) is 10.8 Å². The van der Waals surface area contributed by atoms with Crippen molar-refractivity contribution in [1.29, 1.82) is 0 Å². The summed E-state index contributed by atoms with van der Waals surface area (Å²) in [6, 6.07) is 7.33. The quantitative estimate of drug-likeness (QED) is 0.494. The van der Waals surface area contributed by atoms with Crippen molar-refractivity contribution in [3.63, 3.8) is 0 Å². The first kappa shape index (κ1) is 12.6. The van der Waals surface area contributed by atoms with Gasteiger partial charge < -0.3 is 15.5 Å². The van der Waals surface area contributed by atoms with Gasteiger partial charge in [0.15, 0.2) is 0 Å². The second kappa shape index (κ2) is 5.21. The molecular weight excluding hydrogens is 250 g/mol. The van der Waals surface area contributed by atoms with Crippen LogP contribution in [0, 0.1) is 10.1 Å². The standard InChI is InChI=1S/C12H11N3O4/c13-10-4-3-8(6-11(10)15(17)18)12(16)14-7-9-2-1-5-19-9/h1-6H,7,13H2,(H,14,16). The van der Waals surface area contributed by atoms with Gasteiger partial charge in [0.05, 0.1) is 17.7 Å². The molecule has 2 rings (SSSR count). The first-order valence-corrected chi connectivity index (χ1v) is 5.42. The van der Waals surface area contributed by atoms with Crippen LogP contribution < -0.4 is 11.1 Å². The van der Waals surface area contributed by atoms with Crippen molar-refractivity contribution in [1.82, 2.24) is 5.32 Å². The number of amides is 1. The Hall–Kier alpha value is -2.83. The molecule has 0 radical (unpaired) electrons. The Morgan fingerprint density at radius 2 is 2.21 bits per heavy atom. The van der Waals surface area contributed by atoms with Gasteiger partial charge in [-0.25, -0.2) is 0 Å². The average molecular weight is 261 g/mol. The van der Waals surface area contributed by atoms with Gasteiger partial charge in [-0.2, -0.15) is 0 Å². The second-order valence-electron chi connectivity index (χ2n) is 3.79. The van der Waals surface area contributed by atoms with E-state index in [-0.39, 0.29) is 23.5 Å². The first-order valence-electron chi connectivity index (χ1n) is 5.42. The van der Waals surface area contributed by atoms with Gasteiger partial charge >= 0.3 is 0 Å². The van der Waals surface area contributed by atoms with Crippen molar-refractivity contribution in [2.45, 2.75) is 6.54 Å². The predicted octanol–water partition coefficient (Wildman–Crippen LogP) is 1.70. The third-order valence-electron chi connectivity index (χ3n) is 2.49. The van der Waals surface area contributed by atoms with E-state index in [0.29, 0.717) is 5.76 Å². The van der Waals surface area contributed by atoms with Crippen molar-refractivity contribution >= 4 is 17.3 Å². The van der Waals surface area contributed by atoms with Crippen LogP contribution in [-0.2, 0) is 6.54 Å². The van der Waals surface area contributed by atoms with E-state index in [1.165, 1.54) is 18.4 Å². The maximum absolute atomic E-state index is 11.8. The summed E-state index contributed by atoms with van der Waals surface area (Å²) < 4.78 is 5.06. The molecule has 0 spiro atoms. The van der Waals surface area contributed by atoms with E-state index in [2.05, 4.69) is 5.32 Å². The van der Waals surface area contributed by atoms with Crippen LogP contribution >= 0.6 is 0 Å². The summed E-state index contributed by atoms with van der Waals surface area (Å²) in [7, 11) is 0. The van der Waals surface area contributed by atoms with E-state index >= 15 is 0 Å². The number of anilines is 1. The summed E-state index contributed by atoms with van der Waals surface area (Å²) in [5.74, 6) is 0.165. The number of carbonyl (C=O) groups is 1. The van der Waals surface area contributed by atoms with Gasteiger partial charge in [0.1, 0.15) is 11.4 Å². The summed E-state index contributed by atoms with van der Waals surface area (Å²) in [4.78, 5) is 21.9. The molecule has 7 nitrogen and oxygen atoms in total. The van der Waals surface area contributed by atoms with Crippen LogP contribution in [0.3, 0.4) is 0 Å². The molecule has 19 heavy (non-hydrogen) atoms. The summed E-state index contributed by atoms with van der Waals surface area (Å²) in [5.41, 5.74) is 5.36. The Morgan fingerprint density at radius 1 is 1.42 bits per heavy atom. The minimum Gasteiger partial charge on any atom is -0.467 e. The highest BCUT2D eigenvalue weighted by Gasteiger charge is 2.15. The summed E-state index contributed by atoms with van der Waals surface area (Å²) in [6.45, 7) is 0.212. The van der Waals surface area contributed by atoms with Crippen LogP contribution in [0.25, 0.3) is 0 Å². The number of rotatable bonds is 4. The summed E-state index contributed by atoms with van der Waals surface area (Å²) in [5, 5.41) is 13.3. The smallest absolute Gasteiger partial charge is 0.292 e. The maximum Gasteiger partial charge on any atom is 0.292 e. The molecule has 0 saturated heterocycles. The zero-order valence-corrected chi connectivity index (χ0v) is 9.83. The van der Waals surface area contributed by atoms with E-state index in [1.807, 2.05) is 0 Å². The highest BCUT2D eigenvalue weighted by Crippen LogP contribution is 2.22. The topological polar surface area (TPSA) is 111 Å². The molecule has 0 aliphatic heterocycles. The lowest BCUT2D eigenvalue weighted by Gasteiger charge is -2.04. The van der Waals surface area contributed by atoms with Gasteiger partial charge in [0, 0.05) is 11.6 Å². The highest BCUT2D eigenvalue weighted by atomic mass is 16.6. The van der Waals surface area contributed by atoms with Crippen molar-refractivity contribution in [2.24, 2.45) is 0 Å². The number of nitrogens with zero attached hydrogens (tertiary/aromatic N) is 1. The monoisotopic (exact) mass is 261 g/mol. The molecule has 0 saturated carbocycles. The fourth-order valence-corrected chi connectivity index (χ4v) is 1.53. The molecule has 0 unspecified atom stereocenters. The lowest BCUT2D eigenvalue weighted by molar-refractivity contribution is -0.383. The number of nitrogens with one attached hydrogen (secondary N) is 1. The fraction of sp³-hybridized carbons (Fsp3) is 0.0833. The molecule has 7 heteroatoms. The number of nitrogen functional groups attached to an aromatic ring is 1. The predicted molar refractivity (Wildman–Crippen MR) is 67.4 cm³/mol. The van der Waals surface area contributed by atoms with E-state index in [4.69, 9.17) is 10.2 Å². The van der Waals surface area contributed by atoms with E-state index < -0.39 is 10.8 Å². The number of carbonyl (C=O) groups excluding carboxylic acids is 1. The molecule has 0 aliphatic carbocycles. The number of furan rings is 1. The zero-order valence-electron chi connectivity index (χ0n) is 9.83. The molecule has 0 fully saturated rings. The second-order valence-corrected chi connectivity index (χ2v) is 3.79. The minimum atomic E-state index is -0.626. The van der Waals surface area contributed by atoms with E-state index in [1.54, 1.807) is 12.1 Å². The van der Waals surface area contributed by atoms with Crippen LogP contribution in [0.4, 0.5) is 11.4 Å². The maximum atomic E-state index is 11.8. The molecule has 0 aliphatic rings. The van der Waals surface area contributed by atoms with E-state index in [9.17, 15) is 14.9 Å². The van der Waals surface area contributed by atoms with Gasteiger partial charge in [0.2, 0.25) is 0 Å². The Bertz CT molecular complexity index is 607. The number of nitrogens with two attached hydrogens (primary N) is 1. The molecule has 0 bridgehead atoms. The minimum absolute atomic E-state index is 0.0209. The van der Waals surface area contributed by atoms with Crippen LogP contribution in [0.2, 0.25) is 0 Å². The average Bonchev–Trinajstić information content (AvgIpc) is 2.89. The largest absolute Gasteiger partial charge is 0.467 e. The number of hydrogen-bond acceptors (Lipinski definition) is 5. The SMILES string of the molecule is Nc1ccc(C(=O)NCc2ccco2)cc1[N+](=O)[O-]. The number of nitro benzene ring substituents is 1. The Morgan fingerprint density at radius 3 is 2.84 bits per heavy atom. The number of benzene rings is 1. The summed E-state index contributed by atoms with van der Waals surface area (Å²) in [6.07, 6.45) is 1.50. The van der Waals surface area contributed by atoms with Gasteiger partial charge in [-0.3, -0.25) is 14.9 Å². The molecule has 2 aromatic rings. The van der Waals surface area contributed by atoms with Crippen molar-refractivity contribution < 1.29 is 14.1 Å².